The van der Waals surface area contributed by atoms with Gasteiger partial charge in [0.25, 0.3) is 0 Å². The number of nitrogens with zero attached hydrogens (tertiary/aromatic N) is 3. The minimum Gasteiger partial charge on any atom is -0.477 e. The Morgan fingerprint density at radius 3 is 3.00 bits per heavy atom. The number of anilines is 1. The van der Waals surface area contributed by atoms with E-state index in [4.69, 9.17) is 4.74 Å². The van der Waals surface area contributed by atoms with Crippen molar-refractivity contribution in [3.63, 3.8) is 0 Å². The molecule has 0 aromatic carbocycles. The van der Waals surface area contributed by atoms with Crippen LogP contribution in [-0.4, -0.2) is 42.3 Å². The fourth-order valence-electron chi connectivity index (χ4n) is 2.75. The highest BCUT2D eigenvalue weighted by atomic mass is 16.5. The summed E-state index contributed by atoms with van der Waals surface area (Å²) >= 11 is 0. The average Bonchev–Trinajstić information content (AvgIpc) is 2.48. The number of piperidine rings is 1. The fourth-order valence-corrected chi connectivity index (χ4v) is 2.75. The maximum Gasteiger partial charge on any atom is 0.234 e. The molecular weight excluding hydrogens is 264 g/mol. The van der Waals surface area contributed by atoms with Crippen molar-refractivity contribution >= 4 is 5.82 Å². The lowest BCUT2D eigenvalue weighted by Gasteiger charge is -2.36. The lowest BCUT2D eigenvalue weighted by atomic mass is 10.0. The fraction of sp³-hybridized carbons (Fsp3) is 0.750. The zero-order valence-corrected chi connectivity index (χ0v) is 13.5. The highest BCUT2D eigenvalue weighted by Gasteiger charge is 2.23. The summed E-state index contributed by atoms with van der Waals surface area (Å²) in [6, 6.07) is 0.503. The molecule has 1 saturated heterocycles. The van der Waals surface area contributed by atoms with Crippen LogP contribution in [0, 0.1) is 5.92 Å². The van der Waals surface area contributed by atoms with Gasteiger partial charge in [-0.15, -0.1) is 0 Å². The van der Waals surface area contributed by atoms with Gasteiger partial charge >= 0.3 is 0 Å². The van der Waals surface area contributed by atoms with Gasteiger partial charge in [0.15, 0.2) is 5.82 Å². The summed E-state index contributed by atoms with van der Waals surface area (Å²) in [7, 11) is 0. The molecule has 118 valence electrons. The van der Waals surface area contributed by atoms with Gasteiger partial charge < -0.3 is 15.0 Å². The largest absolute Gasteiger partial charge is 0.477 e. The molecule has 0 spiro atoms. The predicted octanol–water partition coefficient (Wildman–Crippen LogP) is 2.48. The standard InChI is InChI=1S/C16H28N4O/c1-4-21-16-12-18-11-15(19-16)20-8-6-5-7-14(20)10-17-9-13(2)3/h11-14,17H,4-10H2,1-3H3. The molecule has 1 aliphatic rings. The summed E-state index contributed by atoms with van der Waals surface area (Å²) in [6.07, 6.45) is 7.27. The quantitative estimate of drug-likeness (QED) is 0.836. The first-order valence-electron chi connectivity index (χ1n) is 8.13. The summed E-state index contributed by atoms with van der Waals surface area (Å²) in [4.78, 5) is 11.2. The summed E-state index contributed by atoms with van der Waals surface area (Å²) in [6.45, 7) is 10.2. The van der Waals surface area contributed by atoms with Crippen LogP contribution in [0.4, 0.5) is 5.82 Å². The minimum atomic E-state index is 0.503. The Balaban J connectivity index is 2.01. The molecule has 2 rings (SSSR count). The maximum atomic E-state index is 5.47. The molecule has 1 unspecified atom stereocenters. The molecule has 0 aliphatic carbocycles. The SMILES string of the molecule is CCOc1cncc(N2CCCCC2CNCC(C)C)n1. The van der Waals surface area contributed by atoms with Crippen LogP contribution in [0.3, 0.4) is 0 Å². The van der Waals surface area contributed by atoms with Crippen LogP contribution in [0.15, 0.2) is 12.4 Å². The van der Waals surface area contributed by atoms with Crippen LogP contribution in [-0.2, 0) is 0 Å². The van der Waals surface area contributed by atoms with E-state index in [0.29, 0.717) is 24.4 Å². The number of rotatable bonds is 7. The first-order chi connectivity index (χ1) is 10.2. The molecule has 2 heterocycles. The second kappa shape index (κ2) is 8.17. The van der Waals surface area contributed by atoms with Gasteiger partial charge in [0.2, 0.25) is 5.88 Å². The molecule has 5 heteroatoms. The Hall–Kier alpha value is -1.36. The highest BCUT2D eigenvalue weighted by molar-refractivity contribution is 5.39. The van der Waals surface area contributed by atoms with E-state index >= 15 is 0 Å². The van der Waals surface area contributed by atoms with Crippen molar-refractivity contribution in [1.82, 2.24) is 15.3 Å². The number of nitrogens with one attached hydrogen (secondary N) is 1. The van der Waals surface area contributed by atoms with Crippen LogP contribution in [0.2, 0.25) is 0 Å². The van der Waals surface area contributed by atoms with Gasteiger partial charge in [0, 0.05) is 19.1 Å². The topological polar surface area (TPSA) is 50.3 Å². The second-order valence-electron chi connectivity index (χ2n) is 6.04. The molecule has 0 saturated carbocycles. The molecule has 0 amide bonds. The van der Waals surface area contributed by atoms with Crippen molar-refractivity contribution in [2.24, 2.45) is 5.92 Å². The lowest BCUT2D eigenvalue weighted by molar-refractivity contribution is 0.324. The molecule has 1 aliphatic heterocycles. The number of hydrogen-bond donors (Lipinski definition) is 1. The molecule has 1 fully saturated rings. The zero-order valence-electron chi connectivity index (χ0n) is 13.5. The Kier molecular flexibility index (Phi) is 6.23. The third-order valence-corrected chi connectivity index (χ3v) is 3.75. The van der Waals surface area contributed by atoms with Gasteiger partial charge in [-0.05, 0) is 38.6 Å². The van der Waals surface area contributed by atoms with Crippen LogP contribution >= 0.6 is 0 Å². The highest BCUT2D eigenvalue weighted by Crippen LogP contribution is 2.23. The third kappa shape index (κ3) is 4.84. The van der Waals surface area contributed by atoms with E-state index in [1.807, 2.05) is 13.1 Å². The van der Waals surface area contributed by atoms with Crippen LogP contribution in [0.5, 0.6) is 5.88 Å². The summed E-state index contributed by atoms with van der Waals surface area (Å²) in [5.41, 5.74) is 0. The summed E-state index contributed by atoms with van der Waals surface area (Å²) in [5, 5.41) is 3.57. The van der Waals surface area contributed by atoms with Gasteiger partial charge in [-0.1, -0.05) is 13.8 Å². The molecule has 1 aromatic rings. The molecule has 5 nitrogen and oxygen atoms in total. The predicted molar refractivity (Wildman–Crippen MR) is 85.9 cm³/mol. The van der Waals surface area contributed by atoms with Gasteiger partial charge in [-0.25, -0.2) is 0 Å². The maximum absolute atomic E-state index is 5.47. The van der Waals surface area contributed by atoms with Gasteiger partial charge in [-0.3, -0.25) is 4.98 Å². The van der Waals surface area contributed by atoms with Crippen molar-refractivity contribution in [3.05, 3.63) is 12.4 Å². The van der Waals surface area contributed by atoms with E-state index in [-0.39, 0.29) is 0 Å². The number of hydrogen-bond acceptors (Lipinski definition) is 5. The van der Waals surface area contributed by atoms with Crippen LogP contribution in [0.1, 0.15) is 40.0 Å². The second-order valence-corrected chi connectivity index (χ2v) is 6.04. The minimum absolute atomic E-state index is 0.503. The van der Waals surface area contributed by atoms with E-state index in [1.165, 1.54) is 19.3 Å². The van der Waals surface area contributed by atoms with E-state index in [1.54, 1.807) is 6.20 Å². The van der Waals surface area contributed by atoms with E-state index in [9.17, 15) is 0 Å². The van der Waals surface area contributed by atoms with Gasteiger partial charge in [0.05, 0.1) is 19.0 Å². The molecule has 0 bridgehead atoms. The number of aromatic nitrogens is 2. The molecule has 1 atom stereocenters. The van der Waals surface area contributed by atoms with E-state index < -0.39 is 0 Å². The van der Waals surface area contributed by atoms with Crippen LogP contribution < -0.4 is 15.0 Å². The molecular formula is C16H28N4O. The van der Waals surface area contributed by atoms with Crippen molar-refractivity contribution in [2.75, 3.05) is 31.1 Å². The lowest BCUT2D eigenvalue weighted by Crippen LogP contribution is -2.46. The molecule has 0 radical (unpaired) electrons. The smallest absolute Gasteiger partial charge is 0.234 e. The summed E-state index contributed by atoms with van der Waals surface area (Å²) in [5.74, 6) is 2.24. The first-order valence-corrected chi connectivity index (χ1v) is 8.13. The normalized spacial score (nSPS) is 19.0. The van der Waals surface area contributed by atoms with Gasteiger partial charge in [-0.2, -0.15) is 4.98 Å². The first kappa shape index (κ1) is 16.0. The number of ether oxygens (including phenoxy) is 1. The monoisotopic (exact) mass is 292 g/mol. The third-order valence-electron chi connectivity index (χ3n) is 3.75. The Labute approximate surface area is 128 Å². The average molecular weight is 292 g/mol. The summed E-state index contributed by atoms with van der Waals surface area (Å²) < 4.78 is 5.47. The van der Waals surface area contributed by atoms with Crippen molar-refractivity contribution in [2.45, 2.75) is 46.1 Å². The Bertz CT molecular complexity index is 424. The zero-order chi connectivity index (χ0) is 15.1. The van der Waals surface area contributed by atoms with Gasteiger partial charge in [0.1, 0.15) is 0 Å². The molecule has 1 N–H and O–H groups in total. The van der Waals surface area contributed by atoms with Crippen molar-refractivity contribution in [1.29, 1.82) is 0 Å². The Morgan fingerprint density at radius 1 is 1.38 bits per heavy atom. The van der Waals surface area contributed by atoms with Crippen molar-refractivity contribution < 1.29 is 4.74 Å². The van der Waals surface area contributed by atoms with Crippen molar-refractivity contribution in [3.8, 4) is 5.88 Å². The van der Waals surface area contributed by atoms with E-state index in [2.05, 4.69) is 34.0 Å². The molecule has 21 heavy (non-hydrogen) atoms. The Morgan fingerprint density at radius 2 is 2.24 bits per heavy atom. The van der Waals surface area contributed by atoms with Crippen LogP contribution in [0.25, 0.3) is 0 Å². The van der Waals surface area contributed by atoms with E-state index in [0.717, 1.165) is 25.5 Å². The molecule has 1 aromatic heterocycles.